The van der Waals surface area contributed by atoms with Crippen LogP contribution in [-0.2, 0) is 29.0 Å². The molecule has 0 aromatic heterocycles. The van der Waals surface area contributed by atoms with Crippen molar-refractivity contribution >= 4 is 21.7 Å². The van der Waals surface area contributed by atoms with E-state index in [2.05, 4.69) is 4.72 Å². The fourth-order valence-electron chi connectivity index (χ4n) is 3.02. The van der Waals surface area contributed by atoms with Crippen molar-refractivity contribution in [2.24, 2.45) is 0 Å². The number of hydrogen-bond acceptors (Lipinski definition) is 3. The van der Waals surface area contributed by atoms with Crippen LogP contribution in [0.5, 0.6) is 0 Å². The lowest BCUT2D eigenvalue weighted by atomic mass is 10.00. The van der Waals surface area contributed by atoms with Crippen molar-refractivity contribution in [3.8, 4) is 0 Å². The summed E-state index contributed by atoms with van der Waals surface area (Å²) < 4.78 is 65.7. The Morgan fingerprint density at radius 2 is 1.58 bits per heavy atom. The molecule has 0 radical (unpaired) electrons. The summed E-state index contributed by atoms with van der Waals surface area (Å²) in [6.45, 7) is 0. The molecule has 2 N–H and O–H groups in total. The second kappa shape index (κ2) is 8.81. The van der Waals surface area contributed by atoms with Gasteiger partial charge in [0.15, 0.2) is 0 Å². The molecule has 0 saturated carbocycles. The molecule has 5 nitrogen and oxygen atoms in total. The molecule has 3 aromatic carbocycles. The highest BCUT2D eigenvalue weighted by Crippen LogP contribution is 2.31. The zero-order chi connectivity index (χ0) is 22.6. The van der Waals surface area contributed by atoms with E-state index in [1.807, 2.05) is 0 Å². The van der Waals surface area contributed by atoms with Gasteiger partial charge in [-0.15, -0.1) is 0 Å². The Bertz CT molecular complexity index is 1190. The van der Waals surface area contributed by atoms with Crippen molar-refractivity contribution in [3.05, 3.63) is 95.1 Å². The second-order valence-corrected chi connectivity index (χ2v) is 8.47. The van der Waals surface area contributed by atoms with E-state index in [1.165, 1.54) is 18.2 Å². The fraction of sp³-hybridized carbons (Fsp3) is 0.136. The fourth-order valence-corrected chi connectivity index (χ4v) is 4.12. The molecule has 9 heteroatoms. The first kappa shape index (κ1) is 22.4. The molecule has 31 heavy (non-hydrogen) atoms. The van der Waals surface area contributed by atoms with Crippen LogP contribution >= 0.6 is 0 Å². The number of nitrogens with one attached hydrogen (secondary N) is 1. The Hall–Kier alpha value is -3.33. The van der Waals surface area contributed by atoms with E-state index in [-0.39, 0.29) is 11.3 Å². The van der Waals surface area contributed by atoms with Gasteiger partial charge in [0.1, 0.15) is 0 Å². The van der Waals surface area contributed by atoms with E-state index < -0.39 is 32.6 Å². The molecular weight excluding hydrogens is 431 g/mol. The summed E-state index contributed by atoms with van der Waals surface area (Å²) in [5.41, 5.74) is 0.916. The number of sulfonamides is 1. The van der Waals surface area contributed by atoms with Crippen molar-refractivity contribution in [2.45, 2.75) is 23.9 Å². The number of alkyl halides is 3. The zero-order valence-corrected chi connectivity index (χ0v) is 16.9. The molecule has 0 heterocycles. The van der Waals surface area contributed by atoms with Crippen LogP contribution in [0, 0.1) is 0 Å². The smallest absolute Gasteiger partial charge is 0.416 e. The lowest BCUT2D eigenvalue weighted by Crippen LogP contribution is -2.14. The number of rotatable bonds is 7. The van der Waals surface area contributed by atoms with Crippen LogP contribution in [0.1, 0.15) is 27.0 Å². The minimum Gasteiger partial charge on any atom is -0.478 e. The van der Waals surface area contributed by atoms with E-state index in [0.717, 1.165) is 23.8 Å². The monoisotopic (exact) mass is 449 g/mol. The average molecular weight is 449 g/mol. The first-order chi connectivity index (χ1) is 14.6. The summed E-state index contributed by atoms with van der Waals surface area (Å²) in [4.78, 5) is 10.8. The van der Waals surface area contributed by atoms with Gasteiger partial charge in [-0.1, -0.05) is 36.4 Å². The third-order valence-electron chi connectivity index (χ3n) is 4.61. The highest BCUT2D eigenvalue weighted by Gasteiger charge is 2.31. The van der Waals surface area contributed by atoms with Crippen LogP contribution < -0.4 is 4.72 Å². The first-order valence-electron chi connectivity index (χ1n) is 9.16. The maximum Gasteiger partial charge on any atom is 0.416 e. The molecule has 0 unspecified atom stereocenters. The van der Waals surface area contributed by atoms with Gasteiger partial charge in [-0.05, 0) is 60.4 Å². The van der Waals surface area contributed by atoms with Crippen molar-refractivity contribution in [2.75, 3.05) is 4.72 Å². The number of carbonyl (C=O) groups is 1. The van der Waals surface area contributed by atoms with E-state index in [0.29, 0.717) is 24.5 Å². The van der Waals surface area contributed by atoms with Crippen molar-refractivity contribution in [1.82, 2.24) is 0 Å². The van der Waals surface area contributed by atoms with Gasteiger partial charge in [0.05, 0.1) is 16.0 Å². The molecule has 3 rings (SSSR count). The summed E-state index contributed by atoms with van der Waals surface area (Å²) >= 11 is 0. The van der Waals surface area contributed by atoms with E-state index >= 15 is 0 Å². The van der Waals surface area contributed by atoms with Crippen LogP contribution in [-0.4, -0.2) is 19.5 Å². The van der Waals surface area contributed by atoms with Crippen LogP contribution in [0.3, 0.4) is 0 Å². The molecule has 0 atom stereocenters. The summed E-state index contributed by atoms with van der Waals surface area (Å²) in [5, 5.41) is 9.24. The summed E-state index contributed by atoms with van der Waals surface area (Å²) in [7, 11) is -4.19. The minimum atomic E-state index is -4.65. The molecule has 0 fully saturated rings. The largest absolute Gasteiger partial charge is 0.478 e. The van der Waals surface area contributed by atoms with Crippen molar-refractivity contribution in [3.63, 3.8) is 0 Å². The van der Waals surface area contributed by atoms with Gasteiger partial charge in [-0.3, -0.25) is 4.72 Å². The standard InChI is InChI=1S/C22H18F3NO4S/c23-22(24,25)17-5-3-6-19(14-17)31(29,30)26-18-12-9-15(10-13-18)8-11-16-4-1-2-7-20(16)21(27)28/h1-7,9-10,12-14,26H,8,11H2,(H,27,28). The lowest BCUT2D eigenvalue weighted by molar-refractivity contribution is -0.137. The topological polar surface area (TPSA) is 83.5 Å². The number of anilines is 1. The molecular formula is C22H18F3NO4S. The highest BCUT2D eigenvalue weighted by molar-refractivity contribution is 7.92. The normalized spacial score (nSPS) is 11.8. The van der Waals surface area contributed by atoms with Crippen molar-refractivity contribution < 1.29 is 31.5 Å². The molecule has 0 amide bonds. The predicted molar refractivity (Wildman–Crippen MR) is 110 cm³/mol. The number of aromatic carboxylic acids is 1. The quantitative estimate of drug-likeness (QED) is 0.532. The minimum absolute atomic E-state index is 0.201. The van der Waals surface area contributed by atoms with Gasteiger partial charge in [-0.2, -0.15) is 13.2 Å². The predicted octanol–water partition coefficient (Wildman–Crippen LogP) is 4.99. The van der Waals surface area contributed by atoms with E-state index in [9.17, 15) is 31.5 Å². The van der Waals surface area contributed by atoms with Gasteiger partial charge in [0.2, 0.25) is 0 Å². The SMILES string of the molecule is O=C(O)c1ccccc1CCc1ccc(NS(=O)(=O)c2cccc(C(F)(F)F)c2)cc1. The van der Waals surface area contributed by atoms with E-state index in [1.54, 1.807) is 30.3 Å². The van der Waals surface area contributed by atoms with Gasteiger partial charge in [0.25, 0.3) is 10.0 Å². The number of carboxylic acids is 1. The highest BCUT2D eigenvalue weighted by atomic mass is 32.2. The maximum absolute atomic E-state index is 12.8. The molecule has 0 aliphatic carbocycles. The Kier molecular flexibility index (Phi) is 6.35. The number of benzene rings is 3. The van der Waals surface area contributed by atoms with Gasteiger partial charge in [-0.25, -0.2) is 13.2 Å². The summed E-state index contributed by atoms with van der Waals surface area (Å²) in [5.74, 6) is -1.00. The van der Waals surface area contributed by atoms with Crippen LogP contribution in [0.2, 0.25) is 0 Å². The first-order valence-corrected chi connectivity index (χ1v) is 10.6. The van der Waals surface area contributed by atoms with E-state index in [4.69, 9.17) is 0 Å². The number of hydrogen-bond donors (Lipinski definition) is 2. The number of carboxylic acid groups (broad SMARTS) is 1. The molecule has 0 aliphatic rings. The van der Waals surface area contributed by atoms with Crippen LogP contribution in [0.15, 0.2) is 77.7 Å². The molecule has 162 valence electrons. The average Bonchev–Trinajstić information content (AvgIpc) is 2.72. The Balaban J connectivity index is 1.70. The van der Waals surface area contributed by atoms with Gasteiger partial charge >= 0.3 is 12.1 Å². The Labute approximate surface area is 177 Å². The molecule has 0 bridgehead atoms. The van der Waals surface area contributed by atoms with Gasteiger partial charge in [0, 0.05) is 5.69 Å². The summed E-state index contributed by atoms with van der Waals surface area (Å²) in [6.07, 6.45) is -3.63. The molecule has 0 spiro atoms. The maximum atomic E-state index is 12.8. The summed E-state index contributed by atoms with van der Waals surface area (Å²) in [6, 6.07) is 16.5. The molecule has 0 saturated heterocycles. The Morgan fingerprint density at radius 1 is 0.903 bits per heavy atom. The third-order valence-corrected chi connectivity index (χ3v) is 5.99. The Morgan fingerprint density at radius 3 is 2.23 bits per heavy atom. The lowest BCUT2D eigenvalue weighted by Gasteiger charge is -2.11. The molecule has 3 aromatic rings. The second-order valence-electron chi connectivity index (χ2n) is 6.79. The zero-order valence-electron chi connectivity index (χ0n) is 16.1. The van der Waals surface area contributed by atoms with Crippen molar-refractivity contribution in [1.29, 1.82) is 0 Å². The number of aryl methyl sites for hydroxylation is 2. The van der Waals surface area contributed by atoms with Crippen LogP contribution in [0.4, 0.5) is 18.9 Å². The van der Waals surface area contributed by atoms with Crippen LogP contribution in [0.25, 0.3) is 0 Å². The third kappa shape index (κ3) is 5.64. The molecule has 0 aliphatic heterocycles. The van der Waals surface area contributed by atoms with Gasteiger partial charge < -0.3 is 5.11 Å². The number of halogens is 3.